The zero-order valence-electron chi connectivity index (χ0n) is 8.00. The molecule has 0 unspecified atom stereocenters. The molecule has 0 atom stereocenters. The summed E-state index contributed by atoms with van der Waals surface area (Å²) in [5.74, 6) is -1.09. The summed E-state index contributed by atoms with van der Waals surface area (Å²) in [6.07, 6.45) is 1.03. The number of carbonyl (C=O) groups is 1. The van der Waals surface area contributed by atoms with Crippen molar-refractivity contribution < 1.29 is 22.8 Å². The number of sulfone groups is 1. The number of nitrogens with zero attached hydrogens (tertiary/aromatic N) is 2. The van der Waals surface area contributed by atoms with Gasteiger partial charge in [-0.1, -0.05) is 5.16 Å². The van der Waals surface area contributed by atoms with Crippen molar-refractivity contribution in [2.75, 3.05) is 6.26 Å². The molecule has 1 aromatic rings. The topological polar surface area (TPSA) is 110 Å². The summed E-state index contributed by atoms with van der Waals surface area (Å²) in [6.45, 7) is 0. The minimum atomic E-state index is -3.20. The van der Waals surface area contributed by atoms with E-state index in [0.717, 1.165) is 6.26 Å². The van der Waals surface area contributed by atoms with E-state index in [1.807, 2.05) is 0 Å². The van der Waals surface area contributed by atoms with Crippen molar-refractivity contribution in [2.45, 2.75) is 18.6 Å². The Labute approximate surface area is 86.0 Å². The summed E-state index contributed by atoms with van der Waals surface area (Å²) in [5, 5.41) is 11.8. The van der Waals surface area contributed by atoms with Gasteiger partial charge in [0.15, 0.2) is 15.7 Å². The van der Waals surface area contributed by atoms with Crippen LogP contribution in [0.5, 0.6) is 0 Å². The Morgan fingerprint density at radius 1 is 1.53 bits per heavy atom. The summed E-state index contributed by atoms with van der Waals surface area (Å²) >= 11 is 0. The Hall–Kier alpha value is -1.44. The van der Waals surface area contributed by atoms with Gasteiger partial charge in [0, 0.05) is 12.7 Å². The number of hydrogen-bond acceptors (Lipinski definition) is 6. The molecule has 1 heterocycles. The van der Waals surface area contributed by atoms with E-state index in [2.05, 4.69) is 14.7 Å². The van der Waals surface area contributed by atoms with Crippen molar-refractivity contribution in [3.05, 3.63) is 11.7 Å². The van der Waals surface area contributed by atoms with Gasteiger partial charge in [-0.05, 0) is 0 Å². The van der Waals surface area contributed by atoms with Gasteiger partial charge < -0.3 is 9.63 Å². The normalized spacial score (nSPS) is 11.5. The highest BCUT2D eigenvalue weighted by atomic mass is 32.2. The van der Waals surface area contributed by atoms with Crippen LogP contribution in [0.25, 0.3) is 0 Å². The van der Waals surface area contributed by atoms with Gasteiger partial charge in [-0.3, -0.25) is 4.79 Å². The summed E-state index contributed by atoms with van der Waals surface area (Å²) < 4.78 is 26.4. The second-order valence-electron chi connectivity index (χ2n) is 3.07. The van der Waals surface area contributed by atoms with Crippen LogP contribution in [0.15, 0.2) is 4.52 Å². The zero-order chi connectivity index (χ0) is 11.5. The van der Waals surface area contributed by atoms with Crippen LogP contribution in [-0.4, -0.2) is 35.9 Å². The van der Waals surface area contributed by atoms with Crippen molar-refractivity contribution >= 4 is 15.8 Å². The van der Waals surface area contributed by atoms with E-state index < -0.39 is 15.8 Å². The van der Waals surface area contributed by atoms with Gasteiger partial charge in [0.2, 0.25) is 5.89 Å². The number of rotatable bonds is 5. The highest BCUT2D eigenvalue weighted by Crippen LogP contribution is 2.03. The van der Waals surface area contributed by atoms with Crippen LogP contribution in [0.2, 0.25) is 0 Å². The first-order chi connectivity index (χ1) is 6.87. The average Bonchev–Trinajstić information content (AvgIpc) is 2.45. The van der Waals surface area contributed by atoms with Crippen LogP contribution in [-0.2, 0) is 26.8 Å². The lowest BCUT2D eigenvalue weighted by molar-refractivity contribution is -0.137. The van der Waals surface area contributed by atoms with E-state index in [9.17, 15) is 13.2 Å². The Balaban J connectivity index is 2.60. The molecule has 0 aromatic carbocycles. The monoisotopic (exact) mass is 234 g/mol. The molecule has 0 radical (unpaired) electrons. The maximum atomic E-state index is 10.9. The first-order valence-corrected chi connectivity index (χ1v) is 6.14. The SMILES string of the molecule is CS(=O)(=O)Cc1noc(CCC(=O)O)n1. The minimum absolute atomic E-state index is 0.0536. The summed E-state index contributed by atoms with van der Waals surface area (Å²) in [6, 6.07) is 0. The standard InChI is InChI=1S/C7H10N2O5S/c1-15(12,13)4-5-8-6(14-9-5)2-3-7(10)11/h2-4H2,1H3,(H,10,11). The molecule has 1 rings (SSSR count). The zero-order valence-corrected chi connectivity index (χ0v) is 8.82. The number of aliphatic carboxylic acids is 1. The van der Waals surface area contributed by atoms with Crippen molar-refractivity contribution in [2.24, 2.45) is 0 Å². The third kappa shape index (κ3) is 4.54. The predicted molar refractivity (Wildman–Crippen MR) is 48.8 cm³/mol. The van der Waals surface area contributed by atoms with E-state index in [0.29, 0.717) is 0 Å². The molecule has 0 amide bonds. The lowest BCUT2D eigenvalue weighted by Gasteiger charge is -1.89. The molecule has 0 spiro atoms. The van der Waals surface area contributed by atoms with Crippen LogP contribution >= 0.6 is 0 Å². The largest absolute Gasteiger partial charge is 0.481 e. The molecule has 0 aliphatic heterocycles. The van der Waals surface area contributed by atoms with E-state index in [1.54, 1.807) is 0 Å². The quantitative estimate of drug-likeness (QED) is 0.739. The number of aromatic nitrogens is 2. The molecule has 0 aliphatic rings. The Morgan fingerprint density at radius 2 is 2.20 bits per heavy atom. The van der Waals surface area contributed by atoms with E-state index in [-0.39, 0.29) is 30.3 Å². The minimum Gasteiger partial charge on any atom is -0.481 e. The van der Waals surface area contributed by atoms with Crippen LogP contribution in [0.1, 0.15) is 18.1 Å². The lowest BCUT2D eigenvalue weighted by atomic mass is 10.3. The molecular formula is C7H10N2O5S. The van der Waals surface area contributed by atoms with Gasteiger partial charge in [-0.2, -0.15) is 4.98 Å². The van der Waals surface area contributed by atoms with Crippen LogP contribution in [0, 0.1) is 0 Å². The maximum Gasteiger partial charge on any atom is 0.303 e. The fraction of sp³-hybridized carbons (Fsp3) is 0.571. The Bertz CT molecular complexity index is 450. The molecule has 1 N–H and O–H groups in total. The predicted octanol–water partition coefficient (Wildman–Crippen LogP) is -0.369. The lowest BCUT2D eigenvalue weighted by Crippen LogP contribution is -2.02. The second-order valence-corrected chi connectivity index (χ2v) is 5.21. The van der Waals surface area contributed by atoms with Crippen molar-refractivity contribution in [1.29, 1.82) is 0 Å². The Kier molecular flexibility index (Phi) is 3.40. The molecule has 0 bridgehead atoms. The van der Waals surface area contributed by atoms with Gasteiger partial charge >= 0.3 is 5.97 Å². The van der Waals surface area contributed by atoms with Crippen LogP contribution in [0.4, 0.5) is 0 Å². The van der Waals surface area contributed by atoms with Crippen LogP contribution in [0.3, 0.4) is 0 Å². The molecule has 0 fully saturated rings. The van der Waals surface area contributed by atoms with Gasteiger partial charge in [0.05, 0.1) is 6.42 Å². The molecule has 0 aliphatic carbocycles. The third-order valence-corrected chi connectivity index (χ3v) is 2.24. The average molecular weight is 234 g/mol. The first kappa shape index (κ1) is 11.6. The van der Waals surface area contributed by atoms with Crippen molar-refractivity contribution in [3.8, 4) is 0 Å². The fourth-order valence-corrected chi connectivity index (χ4v) is 1.48. The van der Waals surface area contributed by atoms with Crippen molar-refractivity contribution in [1.82, 2.24) is 10.1 Å². The summed E-state index contributed by atoms with van der Waals surface area (Å²) in [7, 11) is -3.20. The number of carboxylic acid groups (broad SMARTS) is 1. The molecule has 0 saturated carbocycles. The summed E-state index contributed by atoms with van der Waals surface area (Å²) in [5.41, 5.74) is 0. The van der Waals surface area contributed by atoms with Crippen LogP contribution < -0.4 is 0 Å². The summed E-state index contributed by atoms with van der Waals surface area (Å²) in [4.78, 5) is 14.0. The highest BCUT2D eigenvalue weighted by molar-refractivity contribution is 7.89. The van der Waals surface area contributed by atoms with E-state index >= 15 is 0 Å². The van der Waals surface area contributed by atoms with E-state index in [4.69, 9.17) is 5.11 Å². The van der Waals surface area contributed by atoms with E-state index in [1.165, 1.54) is 0 Å². The number of aryl methyl sites for hydroxylation is 1. The molecule has 84 valence electrons. The Morgan fingerprint density at radius 3 is 2.73 bits per heavy atom. The molecular weight excluding hydrogens is 224 g/mol. The fourth-order valence-electron chi connectivity index (χ4n) is 0.899. The molecule has 15 heavy (non-hydrogen) atoms. The van der Waals surface area contributed by atoms with Gasteiger partial charge in [-0.15, -0.1) is 0 Å². The molecule has 7 nitrogen and oxygen atoms in total. The second kappa shape index (κ2) is 4.39. The highest BCUT2D eigenvalue weighted by Gasteiger charge is 2.12. The number of hydrogen-bond donors (Lipinski definition) is 1. The molecule has 0 saturated heterocycles. The molecule has 8 heteroatoms. The third-order valence-electron chi connectivity index (χ3n) is 1.45. The molecule has 1 aromatic heterocycles. The first-order valence-electron chi connectivity index (χ1n) is 4.08. The smallest absolute Gasteiger partial charge is 0.303 e. The van der Waals surface area contributed by atoms with Crippen molar-refractivity contribution in [3.63, 3.8) is 0 Å². The van der Waals surface area contributed by atoms with Gasteiger partial charge in [-0.25, -0.2) is 8.42 Å². The number of carboxylic acids is 1. The van der Waals surface area contributed by atoms with Gasteiger partial charge in [0.25, 0.3) is 0 Å². The van der Waals surface area contributed by atoms with Gasteiger partial charge in [0.1, 0.15) is 5.75 Å². The maximum absolute atomic E-state index is 10.9.